The number of aryl methyl sites for hydroxylation is 1. The smallest absolute Gasteiger partial charge is 0.165 e. The van der Waals surface area contributed by atoms with E-state index in [0.717, 1.165) is 22.3 Å². The van der Waals surface area contributed by atoms with Crippen molar-refractivity contribution in [2.24, 2.45) is 0 Å². The second kappa shape index (κ2) is 3.33. The third-order valence-corrected chi connectivity index (χ3v) is 2.44. The van der Waals surface area contributed by atoms with Gasteiger partial charge in [-0.1, -0.05) is 0 Å². The summed E-state index contributed by atoms with van der Waals surface area (Å²) in [4.78, 5) is 0. The fourth-order valence-corrected chi connectivity index (χ4v) is 1.66. The van der Waals surface area contributed by atoms with Gasteiger partial charge in [-0.3, -0.25) is 0 Å². The fourth-order valence-electron chi connectivity index (χ4n) is 1.66. The molecule has 0 saturated heterocycles. The van der Waals surface area contributed by atoms with Crippen molar-refractivity contribution in [2.45, 2.75) is 13.7 Å². The highest BCUT2D eigenvalue weighted by atomic mass is 19.1. The van der Waals surface area contributed by atoms with Crippen molar-refractivity contribution in [1.29, 1.82) is 0 Å². The minimum Gasteiger partial charge on any atom is -0.497 e. The quantitative estimate of drug-likeness (QED) is 0.715. The highest BCUT2D eigenvalue weighted by molar-refractivity contribution is 5.82. The van der Waals surface area contributed by atoms with Gasteiger partial charge in [0.25, 0.3) is 0 Å². The molecule has 3 heteroatoms. The molecule has 0 aliphatic carbocycles. The third kappa shape index (κ3) is 1.25. The summed E-state index contributed by atoms with van der Waals surface area (Å²) in [7, 11) is 1.61. The van der Waals surface area contributed by atoms with E-state index in [2.05, 4.69) is 0 Å². The van der Waals surface area contributed by atoms with E-state index in [4.69, 9.17) is 4.74 Å². The van der Waals surface area contributed by atoms with Crippen LogP contribution in [0, 0.1) is 6.92 Å². The summed E-state index contributed by atoms with van der Waals surface area (Å²) in [6.07, 6.45) is 0. The van der Waals surface area contributed by atoms with Gasteiger partial charge in [-0.15, -0.1) is 0 Å². The van der Waals surface area contributed by atoms with E-state index in [1.807, 2.05) is 31.2 Å². The molecular formula is C11H12FNO. The molecule has 1 aromatic carbocycles. The average Bonchev–Trinajstić information content (AvgIpc) is 2.52. The number of methoxy groups -OCH3 is 1. The molecule has 0 N–H and O–H groups in total. The molecule has 0 bridgehead atoms. The lowest BCUT2D eigenvalue weighted by atomic mass is 10.2. The van der Waals surface area contributed by atoms with Crippen molar-refractivity contribution in [3.63, 3.8) is 0 Å². The van der Waals surface area contributed by atoms with Crippen LogP contribution in [0.5, 0.6) is 5.75 Å². The van der Waals surface area contributed by atoms with Gasteiger partial charge in [0.15, 0.2) is 6.80 Å². The Morgan fingerprint density at radius 3 is 2.79 bits per heavy atom. The van der Waals surface area contributed by atoms with Gasteiger partial charge >= 0.3 is 0 Å². The molecule has 74 valence electrons. The van der Waals surface area contributed by atoms with Gasteiger partial charge in [-0.2, -0.15) is 0 Å². The molecule has 0 aliphatic heterocycles. The van der Waals surface area contributed by atoms with Gasteiger partial charge in [0, 0.05) is 17.1 Å². The average molecular weight is 193 g/mol. The molecule has 1 heterocycles. The standard InChI is InChI=1S/C11H12FNO/c1-8-5-9-3-4-10(14-2)6-11(9)13(8)7-12/h3-6H,7H2,1-2H3. The summed E-state index contributed by atoms with van der Waals surface area (Å²) in [5.74, 6) is 0.755. The Morgan fingerprint density at radius 1 is 1.36 bits per heavy atom. The molecule has 0 amide bonds. The highest BCUT2D eigenvalue weighted by Gasteiger charge is 2.05. The highest BCUT2D eigenvalue weighted by Crippen LogP contribution is 2.24. The van der Waals surface area contributed by atoms with E-state index in [1.165, 1.54) is 0 Å². The summed E-state index contributed by atoms with van der Waals surface area (Å²) >= 11 is 0. The zero-order chi connectivity index (χ0) is 10.1. The van der Waals surface area contributed by atoms with Gasteiger partial charge in [0.05, 0.1) is 12.6 Å². The minimum atomic E-state index is -0.498. The largest absolute Gasteiger partial charge is 0.497 e. The van der Waals surface area contributed by atoms with Gasteiger partial charge in [-0.25, -0.2) is 4.39 Å². The fraction of sp³-hybridized carbons (Fsp3) is 0.273. The Labute approximate surface area is 81.9 Å². The van der Waals surface area contributed by atoms with Crippen LogP contribution in [-0.2, 0) is 6.80 Å². The Kier molecular flexibility index (Phi) is 2.15. The van der Waals surface area contributed by atoms with Crippen LogP contribution in [-0.4, -0.2) is 11.7 Å². The van der Waals surface area contributed by atoms with Crippen LogP contribution in [0.2, 0.25) is 0 Å². The second-order valence-electron chi connectivity index (χ2n) is 3.26. The Morgan fingerprint density at radius 2 is 2.14 bits per heavy atom. The van der Waals surface area contributed by atoms with Crippen LogP contribution in [0.3, 0.4) is 0 Å². The lowest BCUT2D eigenvalue weighted by Gasteiger charge is -2.03. The number of alkyl halides is 1. The van der Waals surface area contributed by atoms with Crippen LogP contribution in [0.15, 0.2) is 24.3 Å². The number of hydrogen-bond acceptors (Lipinski definition) is 1. The van der Waals surface area contributed by atoms with Crippen LogP contribution in [0.1, 0.15) is 5.69 Å². The summed E-state index contributed by atoms with van der Waals surface area (Å²) in [5, 5.41) is 1.04. The normalized spacial score (nSPS) is 10.8. The number of hydrogen-bond donors (Lipinski definition) is 0. The van der Waals surface area contributed by atoms with E-state index < -0.39 is 6.80 Å². The maximum absolute atomic E-state index is 12.7. The summed E-state index contributed by atoms with van der Waals surface area (Å²) in [5.41, 5.74) is 1.81. The molecule has 2 nitrogen and oxygen atoms in total. The molecular weight excluding hydrogens is 181 g/mol. The number of aromatic nitrogens is 1. The lowest BCUT2D eigenvalue weighted by molar-refractivity contribution is 0.380. The van der Waals surface area contributed by atoms with Crippen LogP contribution < -0.4 is 4.74 Å². The van der Waals surface area contributed by atoms with Crippen molar-refractivity contribution in [3.8, 4) is 5.75 Å². The van der Waals surface area contributed by atoms with Crippen molar-refractivity contribution < 1.29 is 9.13 Å². The van der Waals surface area contributed by atoms with Crippen LogP contribution >= 0.6 is 0 Å². The molecule has 0 unspecified atom stereocenters. The zero-order valence-electron chi connectivity index (χ0n) is 8.25. The lowest BCUT2D eigenvalue weighted by Crippen LogP contribution is -1.94. The molecule has 14 heavy (non-hydrogen) atoms. The van der Waals surface area contributed by atoms with Crippen LogP contribution in [0.25, 0.3) is 10.9 Å². The number of ether oxygens (including phenoxy) is 1. The molecule has 0 saturated carbocycles. The SMILES string of the molecule is COc1ccc2cc(C)n(CF)c2c1. The first-order chi connectivity index (χ1) is 6.76. The van der Waals surface area contributed by atoms with Gasteiger partial charge < -0.3 is 9.30 Å². The predicted molar refractivity (Wildman–Crippen MR) is 54.3 cm³/mol. The maximum Gasteiger partial charge on any atom is 0.165 e. The molecule has 0 fully saturated rings. The van der Waals surface area contributed by atoms with Crippen molar-refractivity contribution in [1.82, 2.24) is 4.57 Å². The number of fused-ring (bicyclic) bond motifs is 1. The molecule has 0 spiro atoms. The number of benzene rings is 1. The van der Waals surface area contributed by atoms with Gasteiger partial charge in [-0.05, 0) is 25.1 Å². The molecule has 0 atom stereocenters. The third-order valence-electron chi connectivity index (χ3n) is 2.44. The predicted octanol–water partition coefficient (Wildman–Crippen LogP) is 2.89. The molecule has 0 radical (unpaired) electrons. The first kappa shape index (κ1) is 9.06. The van der Waals surface area contributed by atoms with E-state index in [-0.39, 0.29) is 0 Å². The summed E-state index contributed by atoms with van der Waals surface area (Å²) in [6, 6.07) is 7.63. The van der Waals surface area contributed by atoms with Gasteiger partial charge in [0.1, 0.15) is 5.75 Å². The van der Waals surface area contributed by atoms with E-state index in [0.29, 0.717) is 0 Å². The number of halogens is 1. The maximum atomic E-state index is 12.7. The van der Waals surface area contributed by atoms with Crippen molar-refractivity contribution in [2.75, 3.05) is 7.11 Å². The number of rotatable bonds is 2. The Hall–Kier alpha value is -1.51. The van der Waals surface area contributed by atoms with Crippen LogP contribution in [0.4, 0.5) is 4.39 Å². The number of nitrogens with zero attached hydrogens (tertiary/aromatic N) is 1. The van der Waals surface area contributed by atoms with E-state index in [1.54, 1.807) is 11.7 Å². The zero-order valence-corrected chi connectivity index (χ0v) is 8.25. The molecule has 2 rings (SSSR count). The first-order valence-electron chi connectivity index (χ1n) is 4.46. The Balaban J connectivity index is 2.71. The second-order valence-corrected chi connectivity index (χ2v) is 3.26. The minimum absolute atomic E-state index is 0.498. The van der Waals surface area contributed by atoms with Gasteiger partial charge in [0.2, 0.25) is 0 Å². The topological polar surface area (TPSA) is 14.2 Å². The Bertz CT molecular complexity index is 462. The summed E-state index contributed by atoms with van der Waals surface area (Å²) < 4.78 is 19.4. The molecule has 0 aliphatic rings. The van der Waals surface area contributed by atoms with Crippen molar-refractivity contribution in [3.05, 3.63) is 30.0 Å². The van der Waals surface area contributed by atoms with Crippen molar-refractivity contribution >= 4 is 10.9 Å². The van der Waals surface area contributed by atoms with E-state index in [9.17, 15) is 4.39 Å². The monoisotopic (exact) mass is 193 g/mol. The summed E-state index contributed by atoms with van der Waals surface area (Å²) in [6.45, 7) is 1.40. The van der Waals surface area contributed by atoms with E-state index >= 15 is 0 Å². The molecule has 2 aromatic rings. The molecule has 1 aromatic heterocycles. The first-order valence-corrected chi connectivity index (χ1v) is 4.46.